The van der Waals surface area contributed by atoms with E-state index in [2.05, 4.69) is 34.1 Å². The van der Waals surface area contributed by atoms with Gasteiger partial charge >= 0.3 is 0 Å². The van der Waals surface area contributed by atoms with Gasteiger partial charge in [0.25, 0.3) is 0 Å². The molecule has 0 heteroatoms. The monoisotopic (exact) mass is 253 g/mol. The Morgan fingerprint density at radius 3 is 1.61 bits per heavy atom. The summed E-state index contributed by atoms with van der Waals surface area (Å²) in [5, 5.41) is 0. The maximum atomic E-state index is 2.72. The first-order chi connectivity index (χ1) is 8.78. The standard InChI is InChI=1S/C18H37/c1-5-9-12-15-18(14-11-7-3)16-17(8-4)13-10-6-2/h16-18H,5-15H2,1-4H3. The van der Waals surface area contributed by atoms with Gasteiger partial charge in [0.2, 0.25) is 0 Å². The summed E-state index contributed by atoms with van der Waals surface area (Å²) < 4.78 is 0. The maximum absolute atomic E-state index is 2.72. The summed E-state index contributed by atoms with van der Waals surface area (Å²) in [7, 11) is 0. The van der Waals surface area contributed by atoms with Crippen LogP contribution in [-0.4, -0.2) is 0 Å². The molecule has 18 heavy (non-hydrogen) atoms. The first-order valence-corrected chi connectivity index (χ1v) is 8.63. The van der Waals surface area contributed by atoms with Crippen molar-refractivity contribution in [3.63, 3.8) is 0 Å². The minimum Gasteiger partial charge on any atom is -0.0654 e. The van der Waals surface area contributed by atoms with Crippen LogP contribution >= 0.6 is 0 Å². The molecule has 0 rings (SSSR count). The van der Waals surface area contributed by atoms with E-state index in [4.69, 9.17) is 0 Å². The van der Waals surface area contributed by atoms with Crippen molar-refractivity contribution in [3.8, 4) is 0 Å². The second kappa shape index (κ2) is 13.4. The van der Waals surface area contributed by atoms with E-state index in [0.29, 0.717) is 0 Å². The van der Waals surface area contributed by atoms with Gasteiger partial charge in [-0.15, -0.1) is 0 Å². The van der Waals surface area contributed by atoms with E-state index >= 15 is 0 Å². The van der Waals surface area contributed by atoms with Crippen LogP contribution in [0, 0.1) is 18.3 Å². The molecule has 0 fully saturated rings. The van der Waals surface area contributed by atoms with E-state index in [-0.39, 0.29) is 0 Å². The predicted molar refractivity (Wildman–Crippen MR) is 84.8 cm³/mol. The molecule has 0 heterocycles. The van der Waals surface area contributed by atoms with Crippen molar-refractivity contribution >= 4 is 0 Å². The maximum Gasteiger partial charge on any atom is -0.0324 e. The number of hydrogen-bond acceptors (Lipinski definition) is 0. The minimum atomic E-state index is 0.883. The average molecular weight is 253 g/mol. The van der Waals surface area contributed by atoms with E-state index in [0.717, 1.165) is 11.8 Å². The van der Waals surface area contributed by atoms with Crippen LogP contribution in [0.15, 0.2) is 0 Å². The predicted octanol–water partition coefficient (Wildman–Crippen LogP) is 6.79. The molecule has 0 aliphatic carbocycles. The van der Waals surface area contributed by atoms with Gasteiger partial charge in [0, 0.05) is 0 Å². The fraction of sp³-hybridized carbons (Fsp3) is 0.944. The molecule has 0 bridgehead atoms. The zero-order chi connectivity index (χ0) is 13.6. The molecule has 0 aromatic rings. The molecule has 0 spiro atoms. The largest absolute Gasteiger partial charge is 0.0654 e. The van der Waals surface area contributed by atoms with Crippen molar-refractivity contribution in [2.24, 2.45) is 11.8 Å². The highest BCUT2D eigenvalue weighted by atomic mass is 14.2. The molecule has 1 radical (unpaired) electrons. The summed E-state index contributed by atoms with van der Waals surface area (Å²) in [6.45, 7) is 9.29. The Hall–Kier alpha value is 0. The molecule has 0 saturated heterocycles. The summed E-state index contributed by atoms with van der Waals surface area (Å²) in [6.07, 6.45) is 18.1. The van der Waals surface area contributed by atoms with Gasteiger partial charge < -0.3 is 0 Å². The normalized spacial score (nSPS) is 14.7. The lowest BCUT2D eigenvalue weighted by atomic mass is 9.83. The third-order valence-electron chi connectivity index (χ3n) is 4.10. The fourth-order valence-electron chi connectivity index (χ4n) is 2.75. The number of rotatable bonds is 13. The lowest BCUT2D eigenvalue weighted by Crippen LogP contribution is -2.10. The van der Waals surface area contributed by atoms with Crippen molar-refractivity contribution in [1.82, 2.24) is 0 Å². The van der Waals surface area contributed by atoms with Crippen LogP contribution < -0.4 is 0 Å². The second-order valence-electron chi connectivity index (χ2n) is 5.90. The smallest absolute Gasteiger partial charge is 0.0324 e. The Balaban J connectivity index is 3.99. The topological polar surface area (TPSA) is 0 Å². The van der Waals surface area contributed by atoms with Crippen LogP contribution in [0.1, 0.15) is 98.3 Å². The Morgan fingerprint density at radius 2 is 1.11 bits per heavy atom. The van der Waals surface area contributed by atoms with Gasteiger partial charge in [0.15, 0.2) is 0 Å². The van der Waals surface area contributed by atoms with Gasteiger partial charge in [-0.05, 0) is 18.3 Å². The first kappa shape index (κ1) is 18.0. The molecule has 0 amide bonds. The van der Waals surface area contributed by atoms with Crippen LogP contribution in [0.4, 0.5) is 0 Å². The molecule has 0 N–H and O–H groups in total. The zero-order valence-corrected chi connectivity index (χ0v) is 13.5. The lowest BCUT2D eigenvalue weighted by Gasteiger charge is -2.22. The molecule has 0 saturated carbocycles. The third-order valence-corrected chi connectivity index (χ3v) is 4.10. The van der Waals surface area contributed by atoms with Crippen LogP contribution in [0.25, 0.3) is 0 Å². The quantitative estimate of drug-likeness (QED) is 0.317. The summed E-state index contributed by atoms with van der Waals surface area (Å²) >= 11 is 0. The van der Waals surface area contributed by atoms with Crippen molar-refractivity contribution in [2.75, 3.05) is 0 Å². The SMILES string of the molecule is CCCCCC([CH]C(CC)CCCC)CCCC. The van der Waals surface area contributed by atoms with E-state index in [9.17, 15) is 0 Å². The van der Waals surface area contributed by atoms with Gasteiger partial charge in [-0.3, -0.25) is 0 Å². The molecular formula is C18H37. The number of hydrogen-bond donors (Lipinski definition) is 0. The Morgan fingerprint density at radius 1 is 0.611 bits per heavy atom. The summed E-state index contributed by atoms with van der Waals surface area (Å²) in [6, 6.07) is 0. The molecule has 2 unspecified atom stereocenters. The summed E-state index contributed by atoms with van der Waals surface area (Å²) in [5.74, 6) is 1.78. The lowest BCUT2D eigenvalue weighted by molar-refractivity contribution is 0.388. The molecule has 0 aliphatic heterocycles. The van der Waals surface area contributed by atoms with Crippen molar-refractivity contribution < 1.29 is 0 Å². The van der Waals surface area contributed by atoms with Gasteiger partial charge in [0.1, 0.15) is 0 Å². The zero-order valence-electron chi connectivity index (χ0n) is 13.5. The molecular weight excluding hydrogens is 216 g/mol. The van der Waals surface area contributed by atoms with E-state index in [1.165, 1.54) is 70.6 Å². The van der Waals surface area contributed by atoms with Gasteiger partial charge in [-0.1, -0.05) is 98.3 Å². The van der Waals surface area contributed by atoms with Gasteiger partial charge in [-0.25, -0.2) is 0 Å². The van der Waals surface area contributed by atoms with Gasteiger partial charge in [-0.2, -0.15) is 0 Å². The Bertz CT molecular complexity index is 150. The van der Waals surface area contributed by atoms with Crippen molar-refractivity contribution in [1.29, 1.82) is 0 Å². The summed E-state index contributed by atoms with van der Waals surface area (Å²) in [4.78, 5) is 0. The molecule has 109 valence electrons. The average Bonchev–Trinajstić information content (AvgIpc) is 2.40. The van der Waals surface area contributed by atoms with Gasteiger partial charge in [0.05, 0.1) is 0 Å². The highest BCUT2D eigenvalue weighted by Gasteiger charge is 2.14. The van der Waals surface area contributed by atoms with Crippen molar-refractivity contribution in [2.45, 2.75) is 98.3 Å². The van der Waals surface area contributed by atoms with Crippen LogP contribution in [0.2, 0.25) is 0 Å². The minimum absolute atomic E-state index is 0.883. The van der Waals surface area contributed by atoms with E-state index in [1.807, 2.05) is 0 Å². The van der Waals surface area contributed by atoms with E-state index in [1.54, 1.807) is 0 Å². The van der Waals surface area contributed by atoms with Crippen LogP contribution in [0.3, 0.4) is 0 Å². The molecule has 0 aliphatic rings. The van der Waals surface area contributed by atoms with E-state index < -0.39 is 0 Å². The molecule has 0 aromatic carbocycles. The number of unbranched alkanes of at least 4 members (excludes halogenated alkanes) is 4. The fourth-order valence-corrected chi connectivity index (χ4v) is 2.75. The highest BCUT2D eigenvalue weighted by Crippen LogP contribution is 2.27. The van der Waals surface area contributed by atoms with Crippen molar-refractivity contribution in [3.05, 3.63) is 6.42 Å². The molecule has 0 nitrogen and oxygen atoms in total. The highest BCUT2D eigenvalue weighted by molar-refractivity contribution is 4.83. The first-order valence-electron chi connectivity index (χ1n) is 8.63. The Labute approximate surface area is 117 Å². The molecule has 0 aromatic heterocycles. The van der Waals surface area contributed by atoms with Crippen LogP contribution in [0.5, 0.6) is 0 Å². The second-order valence-corrected chi connectivity index (χ2v) is 5.90. The summed E-state index contributed by atoms with van der Waals surface area (Å²) in [5.41, 5.74) is 0. The Kier molecular flexibility index (Phi) is 13.4. The molecule has 2 atom stereocenters. The third kappa shape index (κ3) is 9.97. The van der Waals surface area contributed by atoms with Crippen LogP contribution in [-0.2, 0) is 0 Å².